The molecule has 1 rings (SSSR count). The van der Waals surface area contributed by atoms with Gasteiger partial charge in [0, 0.05) is 0 Å². The molecule has 16 heavy (non-hydrogen) atoms. The third-order valence-electron chi connectivity index (χ3n) is 2.28. The molecule has 1 aromatic rings. The molecule has 0 unspecified atom stereocenters. The van der Waals surface area contributed by atoms with E-state index >= 15 is 0 Å². The summed E-state index contributed by atoms with van der Waals surface area (Å²) in [4.78, 5) is 0.253. The minimum Gasteiger partial charge on any atom is -0.267 e. The Morgan fingerprint density at radius 1 is 1.25 bits per heavy atom. The molecule has 90 valence electrons. The topological polar surface area (TPSA) is 43.4 Å². The Bertz CT molecular complexity index is 424. The van der Waals surface area contributed by atoms with Gasteiger partial charge in [-0.25, -0.2) is 0 Å². The zero-order valence-electron chi connectivity index (χ0n) is 9.77. The molecule has 0 atom stereocenters. The second-order valence-corrected chi connectivity index (χ2v) is 5.23. The summed E-state index contributed by atoms with van der Waals surface area (Å²) in [6, 6.07) is 6.97. The van der Waals surface area contributed by atoms with E-state index in [0.717, 1.165) is 24.8 Å². The van der Waals surface area contributed by atoms with Crippen molar-refractivity contribution in [3.8, 4) is 0 Å². The van der Waals surface area contributed by atoms with Crippen molar-refractivity contribution in [1.82, 2.24) is 0 Å². The largest absolute Gasteiger partial charge is 0.296 e. The highest BCUT2D eigenvalue weighted by Gasteiger charge is 2.13. The monoisotopic (exact) mass is 242 g/mol. The highest BCUT2D eigenvalue weighted by Crippen LogP contribution is 2.15. The molecule has 0 amide bonds. The van der Waals surface area contributed by atoms with Crippen molar-refractivity contribution in [2.24, 2.45) is 0 Å². The van der Waals surface area contributed by atoms with E-state index in [1.807, 2.05) is 6.07 Å². The van der Waals surface area contributed by atoms with Gasteiger partial charge in [-0.15, -0.1) is 0 Å². The highest BCUT2D eigenvalue weighted by molar-refractivity contribution is 7.86. The van der Waals surface area contributed by atoms with Crippen LogP contribution in [0.2, 0.25) is 0 Å². The molecule has 0 fully saturated rings. The maximum atomic E-state index is 11.6. The molecule has 0 N–H and O–H groups in total. The van der Waals surface area contributed by atoms with Crippen LogP contribution < -0.4 is 0 Å². The number of unbranched alkanes of at least 4 members (excludes halogenated alkanes) is 1. The fraction of sp³-hybridized carbons (Fsp3) is 0.500. The van der Waals surface area contributed by atoms with Crippen LogP contribution >= 0.6 is 0 Å². The first kappa shape index (κ1) is 13.2. The van der Waals surface area contributed by atoms with E-state index in [9.17, 15) is 8.42 Å². The molecule has 0 saturated heterocycles. The van der Waals surface area contributed by atoms with Crippen molar-refractivity contribution >= 4 is 10.1 Å². The standard InChI is InChI=1S/C12H18O3S/c1-3-5-7-11-8-6-9-12(10-11)16(13,14)15-4-2/h6,8-10H,3-5,7H2,1-2H3. The van der Waals surface area contributed by atoms with Gasteiger partial charge in [0.15, 0.2) is 0 Å². The van der Waals surface area contributed by atoms with E-state index in [0.29, 0.717) is 0 Å². The Morgan fingerprint density at radius 3 is 2.62 bits per heavy atom. The summed E-state index contributed by atoms with van der Waals surface area (Å²) in [6.45, 7) is 3.95. The quantitative estimate of drug-likeness (QED) is 0.720. The SMILES string of the molecule is CCCCc1cccc(S(=O)(=O)OCC)c1. The lowest BCUT2D eigenvalue weighted by atomic mass is 10.1. The van der Waals surface area contributed by atoms with Crippen LogP contribution in [0.15, 0.2) is 29.2 Å². The number of aryl methyl sites for hydroxylation is 1. The van der Waals surface area contributed by atoms with Crippen molar-refractivity contribution in [2.75, 3.05) is 6.61 Å². The molecule has 0 aromatic heterocycles. The third-order valence-corrected chi connectivity index (χ3v) is 3.66. The van der Waals surface area contributed by atoms with Crippen molar-refractivity contribution in [1.29, 1.82) is 0 Å². The van der Waals surface area contributed by atoms with E-state index in [1.54, 1.807) is 25.1 Å². The van der Waals surface area contributed by atoms with Crippen LogP contribution in [0.3, 0.4) is 0 Å². The van der Waals surface area contributed by atoms with Crippen LogP contribution in [0.1, 0.15) is 32.3 Å². The fourth-order valence-corrected chi connectivity index (χ4v) is 2.45. The van der Waals surface area contributed by atoms with E-state index in [2.05, 4.69) is 6.92 Å². The molecule has 4 heteroatoms. The summed E-state index contributed by atoms with van der Waals surface area (Å²) in [6.07, 6.45) is 3.08. The van der Waals surface area contributed by atoms with Crippen LogP contribution in [0.25, 0.3) is 0 Å². The lowest BCUT2D eigenvalue weighted by molar-refractivity contribution is 0.338. The van der Waals surface area contributed by atoms with Crippen LogP contribution in [0.5, 0.6) is 0 Å². The Hall–Kier alpha value is -0.870. The lowest BCUT2D eigenvalue weighted by Gasteiger charge is -2.05. The summed E-state index contributed by atoms with van der Waals surface area (Å²) < 4.78 is 28.0. The second kappa shape index (κ2) is 6.01. The summed E-state index contributed by atoms with van der Waals surface area (Å²) in [5.74, 6) is 0. The fourth-order valence-electron chi connectivity index (χ4n) is 1.46. The molecule has 0 aliphatic rings. The summed E-state index contributed by atoms with van der Waals surface area (Å²) in [5.41, 5.74) is 1.04. The Morgan fingerprint density at radius 2 is 2.00 bits per heavy atom. The van der Waals surface area contributed by atoms with Gasteiger partial charge in [-0.1, -0.05) is 25.5 Å². The first-order valence-corrected chi connectivity index (χ1v) is 6.99. The van der Waals surface area contributed by atoms with Gasteiger partial charge in [-0.05, 0) is 37.5 Å². The zero-order chi connectivity index (χ0) is 12.0. The molecule has 1 aromatic carbocycles. The Labute approximate surface area is 97.6 Å². The van der Waals surface area contributed by atoms with Gasteiger partial charge in [0.25, 0.3) is 10.1 Å². The molecule has 3 nitrogen and oxygen atoms in total. The predicted octanol–water partition coefficient (Wildman–Crippen LogP) is 2.75. The molecule has 0 heterocycles. The minimum atomic E-state index is -3.56. The van der Waals surface area contributed by atoms with Gasteiger partial charge in [0.1, 0.15) is 0 Å². The van der Waals surface area contributed by atoms with Crippen molar-refractivity contribution in [3.05, 3.63) is 29.8 Å². The lowest BCUT2D eigenvalue weighted by Crippen LogP contribution is -2.06. The molecule has 0 bridgehead atoms. The minimum absolute atomic E-state index is 0.168. The molecular formula is C12H18O3S. The normalized spacial score (nSPS) is 11.6. The number of hydrogen-bond donors (Lipinski definition) is 0. The van der Waals surface area contributed by atoms with Gasteiger partial charge in [0.2, 0.25) is 0 Å². The maximum absolute atomic E-state index is 11.6. The van der Waals surface area contributed by atoms with Crippen molar-refractivity contribution in [2.45, 2.75) is 38.0 Å². The molecular weight excluding hydrogens is 224 g/mol. The van der Waals surface area contributed by atoms with Crippen LogP contribution in [-0.2, 0) is 20.7 Å². The number of rotatable bonds is 6. The predicted molar refractivity (Wildman–Crippen MR) is 63.9 cm³/mol. The number of hydrogen-bond acceptors (Lipinski definition) is 3. The first-order valence-electron chi connectivity index (χ1n) is 5.58. The van der Waals surface area contributed by atoms with Gasteiger partial charge in [-0.2, -0.15) is 8.42 Å². The summed E-state index contributed by atoms with van der Waals surface area (Å²) in [5, 5.41) is 0. The van der Waals surface area contributed by atoms with Crippen LogP contribution in [-0.4, -0.2) is 15.0 Å². The average Bonchev–Trinajstić information content (AvgIpc) is 2.27. The van der Waals surface area contributed by atoms with Crippen LogP contribution in [0.4, 0.5) is 0 Å². The van der Waals surface area contributed by atoms with Crippen LogP contribution in [0, 0.1) is 0 Å². The Balaban J connectivity index is 2.89. The Kier molecular flexibility index (Phi) is 4.96. The molecule has 0 spiro atoms. The third kappa shape index (κ3) is 3.61. The summed E-state index contributed by atoms with van der Waals surface area (Å²) >= 11 is 0. The van der Waals surface area contributed by atoms with Gasteiger partial charge in [-0.3, -0.25) is 4.18 Å². The average molecular weight is 242 g/mol. The molecule has 0 aliphatic heterocycles. The van der Waals surface area contributed by atoms with Crippen molar-refractivity contribution < 1.29 is 12.6 Å². The second-order valence-electron chi connectivity index (χ2n) is 3.61. The highest BCUT2D eigenvalue weighted by atomic mass is 32.2. The van der Waals surface area contributed by atoms with E-state index < -0.39 is 10.1 Å². The van der Waals surface area contributed by atoms with Gasteiger partial charge < -0.3 is 0 Å². The number of benzene rings is 1. The molecule has 0 aliphatic carbocycles. The molecule has 0 saturated carbocycles. The summed E-state index contributed by atoms with van der Waals surface area (Å²) in [7, 11) is -3.56. The molecule has 0 radical (unpaired) electrons. The smallest absolute Gasteiger partial charge is 0.267 e. The zero-order valence-corrected chi connectivity index (χ0v) is 10.6. The van der Waals surface area contributed by atoms with Gasteiger partial charge in [0.05, 0.1) is 11.5 Å². The van der Waals surface area contributed by atoms with E-state index in [1.165, 1.54) is 0 Å². The maximum Gasteiger partial charge on any atom is 0.296 e. The first-order chi connectivity index (χ1) is 7.60. The van der Waals surface area contributed by atoms with E-state index in [-0.39, 0.29) is 11.5 Å². The van der Waals surface area contributed by atoms with E-state index in [4.69, 9.17) is 4.18 Å². The van der Waals surface area contributed by atoms with Gasteiger partial charge >= 0.3 is 0 Å². The van der Waals surface area contributed by atoms with Crippen molar-refractivity contribution in [3.63, 3.8) is 0 Å².